The van der Waals surface area contributed by atoms with Gasteiger partial charge < -0.3 is 19.6 Å². The molecule has 4 heterocycles. The third-order valence-electron chi connectivity index (χ3n) is 5.46. The van der Waals surface area contributed by atoms with Gasteiger partial charge in [0.1, 0.15) is 0 Å². The fourth-order valence-corrected chi connectivity index (χ4v) is 3.74. The van der Waals surface area contributed by atoms with E-state index in [9.17, 15) is 9.59 Å². The van der Waals surface area contributed by atoms with Crippen molar-refractivity contribution in [3.8, 4) is 0 Å². The van der Waals surface area contributed by atoms with Crippen molar-refractivity contribution in [1.82, 2.24) is 24.8 Å². The van der Waals surface area contributed by atoms with E-state index in [1.807, 2.05) is 15.9 Å². The third-order valence-corrected chi connectivity index (χ3v) is 5.46. The summed E-state index contributed by atoms with van der Waals surface area (Å²) in [7, 11) is 0. The number of amides is 2. The summed E-state index contributed by atoms with van der Waals surface area (Å²) in [4.78, 5) is 45.3. The smallest absolute Gasteiger partial charge is 0.255 e. The number of carbonyl (C=O) groups is 2. The van der Waals surface area contributed by atoms with Crippen LogP contribution in [0.5, 0.6) is 0 Å². The molecule has 29 heavy (non-hydrogen) atoms. The minimum absolute atomic E-state index is 0.00430. The Morgan fingerprint density at radius 1 is 0.828 bits per heavy atom. The van der Waals surface area contributed by atoms with Crippen molar-refractivity contribution in [3.63, 3.8) is 0 Å². The summed E-state index contributed by atoms with van der Waals surface area (Å²) >= 11 is 0. The van der Waals surface area contributed by atoms with Crippen LogP contribution in [-0.4, -0.2) is 88.9 Å². The molecule has 2 saturated heterocycles. The highest BCUT2D eigenvalue weighted by Gasteiger charge is 2.25. The first-order valence-electron chi connectivity index (χ1n) is 9.88. The maximum Gasteiger partial charge on any atom is 0.255 e. The van der Waals surface area contributed by atoms with Crippen molar-refractivity contribution >= 4 is 23.5 Å². The Morgan fingerprint density at radius 2 is 1.45 bits per heavy atom. The molecule has 2 amide bonds. The molecule has 2 fully saturated rings. The lowest BCUT2D eigenvalue weighted by atomic mass is 10.2. The molecule has 2 aromatic rings. The monoisotopic (exact) mass is 395 g/mol. The van der Waals surface area contributed by atoms with Gasteiger partial charge >= 0.3 is 0 Å². The van der Waals surface area contributed by atoms with Gasteiger partial charge in [0, 0.05) is 77.9 Å². The molecule has 0 unspecified atom stereocenters. The van der Waals surface area contributed by atoms with E-state index < -0.39 is 0 Å². The molecule has 9 nitrogen and oxygen atoms in total. The maximum atomic E-state index is 13.0. The minimum atomic E-state index is -0.00430. The number of aromatic nitrogens is 3. The Balaban J connectivity index is 1.37. The topological polar surface area (TPSA) is 85.8 Å². The van der Waals surface area contributed by atoms with Crippen molar-refractivity contribution in [2.45, 2.75) is 6.92 Å². The van der Waals surface area contributed by atoms with Crippen molar-refractivity contribution in [2.75, 3.05) is 62.2 Å². The molecule has 9 heteroatoms. The molecule has 0 atom stereocenters. The van der Waals surface area contributed by atoms with E-state index in [-0.39, 0.29) is 11.8 Å². The average Bonchev–Trinajstić information content (AvgIpc) is 2.79. The Labute approximate surface area is 170 Å². The summed E-state index contributed by atoms with van der Waals surface area (Å²) in [5, 5.41) is 0. The Hall–Kier alpha value is -3.23. The van der Waals surface area contributed by atoms with Crippen LogP contribution in [0, 0.1) is 0 Å². The van der Waals surface area contributed by atoms with Crippen LogP contribution in [0.2, 0.25) is 0 Å². The Bertz CT molecular complexity index is 860. The van der Waals surface area contributed by atoms with Gasteiger partial charge in [0.2, 0.25) is 11.9 Å². The van der Waals surface area contributed by atoms with Gasteiger partial charge in [-0.15, -0.1) is 0 Å². The maximum absolute atomic E-state index is 13.0. The first-order valence-corrected chi connectivity index (χ1v) is 9.88. The standard InChI is InChI=1S/C20H25N7O2/c1-16(28)24-5-7-25(8-6-24)18-13-17(14-21-15-18)19(29)26-9-11-27(12-10-26)20-22-3-2-4-23-20/h2-4,13-15H,5-12H2,1H3. The molecule has 0 N–H and O–H groups in total. The molecule has 4 rings (SSSR count). The zero-order chi connectivity index (χ0) is 20.2. The van der Waals surface area contributed by atoms with E-state index in [0.29, 0.717) is 50.8 Å². The quantitative estimate of drug-likeness (QED) is 0.748. The fraction of sp³-hybridized carbons (Fsp3) is 0.450. The number of piperazine rings is 2. The summed E-state index contributed by atoms with van der Waals surface area (Å²) < 4.78 is 0. The average molecular weight is 395 g/mol. The molecule has 0 bridgehead atoms. The van der Waals surface area contributed by atoms with Crippen LogP contribution in [0.15, 0.2) is 36.9 Å². The van der Waals surface area contributed by atoms with Gasteiger partial charge in [0.15, 0.2) is 0 Å². The van der Waals surface area contributed by atoms with Gasteiger partial charge in [0.05, 0.1) is 17.4 Å². The van der Waals surface area contributed by atoms with E-state index in [0.717, 1.165) is 18.8 Å². The van der Waals surface area contributed by atoms with Crippen LogP contribution in [0.1, 0.15) is 17.3 Å². The second kappa shape index (κ2) is 8.42. The second-order valence-electron chi connectivity index (χ2n) is 7.25. The second-order valence-corrected chi connectivity index (χ2v) is 7.25. The summed E-state index contributed by atoms with van der Waals surface area (Å²) in [5.74, 6) is 0.801. The van der Waals surface area contributed by atoms with Crippen molar-refractivity contribution in [2.24, 2.45) is 0 Å². The summed E-state index contributed by atoms with van der Waals surface area (Å²) in [6.07, 6.45) is 6.87. The van der Waals surface area contributed by atoms with E-state index in [4.69, 9.17) is 0 Å². The molecule has 0 radical (unpaired) electrons. The fourth-order valence-electron chi connectivity index (χ4n) is 3.74. The highest BCUT2D eigenvalue weighted by atomic mass is 16.2. The third kappa shape index (κ3) is 4.28. The number of nitrogens with zero attached hydrogens (tertiary/aromatic N) is 7. The number of hydrogen-bond donors (Lipinski definition) is 0. The van der Waals surface area contributed by atoms with Gasteiger partial charge in [-0.3, -0.25) is 14.6 Å². The molecule has 2 aromatic heterocycles. The van der Waals surface area contributed by atoms with Crippen molar-refractivity contribution in [1.29, 1.82) is 0 Å². The van der Waals surface area contributed by atoms with Crippen molar-refractivity contribution in [3.05, 3.63) is 42.5 Å². The summed E-state index contributed by atoms with van der Waals surface area (Å²) in [5.41, 5.74) is 1.52. The van der Waals surface area contributed by atoms with Crippen LogP contribution >= 0.6 is 0 Å². The molecule has 152 valence electrons. The number of pyridine rings is 1. The van der Waals surface area contributed by atoms with Crippen LogP contribution < -0.4 is 9.80 Å². The lowest BCUT2D eigenvalue weighted by Gasteiger charge is -2.36. The zero-order valence-electron chi connectivity index (χ0n) is 16.6. The van der Waals surface area contributed by atoms with E-state index in [1.165, 1.54) is 0 Å². The highest BCUT2D eigenvalue weighted by Crippen LogP contribution is 2.19. The van der Waals surface area contributed by atoms with Gasteiger partial charge in [-0.25, -0.2) is 9.97 Å². The predicted molar refractivity (Wildman–Crippen MR) is 109 cm³/mol. The molecule has 0 spiro atoms. The largest absolute Gasteiger partial charge is 0.367 e. The van der Waals surface area contributed by atoms with Gasteiger partial charge in [-0.2, -0.15) is 0 Å². The Morgan fingerprint density at radius 3 is 2.10 bits per heavy atom. The number of rotatable bonds is 3. The molecular weight excluding hydrogens is 370 g/mol. The zero-order valence-corrected chi connectivity index (χ0v) is 16.6. The SMILES string of the molecule is CC(=O)N1CCN(c2cncc(C(=O)N3CCN(c4ncccn4)CC3)c2)CC1. The molecule has 2 aliphatic rings. The van der Waals surface area contributed by atoms with Crippen LogP contribution in [0.25, 0.3) is 0 Å². The molecular formula is C20H25N7O2. The normalized spacial score (nSPS) is 17.4. The lowest BCUT2D eigenvalue weighted by Crippen LogP contribution is -2.49. The molecule has 2 aliphatic heterocycles. The predicted octanol–water partition coefficient (Wildman–Crippen LogP) is 0.503. The van der Waals surface area contributed by atoms with E-state index in [2.05, 4.69) is 24.8 Å². The molecule has 0 saturated carbocycles. The molecule has 0 aliphatic carbocycles. The first-order chi connectivity index (χ1) is 14.1. The summed E-state index contributed by atoms with van der Waals surface area (Å²) in [6, 6.07) is 3.70. The first kappa shape index (κ1) is 19.1. The van der Waals surface area contributed by atoms with E-state index >= 15 is 0 Å². The summed E-state index contributed by atoms with van der Waals surface area (Å²) in [6.45, 7) is 7.13. The van der Waals surface area contributed by atoms with Crippen LogP contribution in [0.3, 0.4) is 0 Å². The van der Waals surface area contributed by atoms with Crippen molar-refractivity contribution < 1.29 is 9.59 Å². The van der Waals surface area contributed by atoms with Crippen LogP contribution in [0.4, 0.5) is 11.6 Å². The number of anilines is 2. The van der Waals surface area contributed by atoms with Crippen LogP contribution in [-0.2, 0) is 4.79 Å². The highest BCUT2D eigenvalue weighted by molar-refractivity contribution is 5.95. The molecule has 0 aromatic carbocycles. The van der Waals surface area contributed by atoms with E-state index in [1.54, 1.807) is 37.8 Å². The minimum Gasteiger partial charge on any atom is -0.367 e. The Kier molecular flexibility index (Phi) is 5.55. The number of carbonyl (C=O) groups excluding carboxylic acids is 2. The van der Waals surface area contributed by atoms with Gasteiger partial charge in [-0.1, -0.05) is 0 Å². The number of hydrogen-bond acceptors (Lipinski definition) is 7. The van der Waals surface area contributed by atoms with Gasteiger partial charge in [0.25, 0.3) is 5.91 Å². The van der Waals surface area contributed by atoms with Gasteiger partial charge in [-0.05, 0) is 12.1 Å². The lowest BCUT2D eigenvalue weighted by molar-refractivity contribution is -0.129.